The minimum atomic E-state index is 0.190. The molecule has 3 nitrogen and oxygen atoms in total. The lowest BCUT2D eigenvalue weighted by molar-refractivity contribution is -0.00941. The molecule has 0 bridgehead atoms. The molecule has 2 N–H and O–H groups in total. The molecule has 2 rings (SSSR count). The standard InChI is InChI=1S/C16H31N3/c1-6-12(2)19-14(17)18-11-16(19)10-8-7-9-13(16)15(3,4)5/h12-13H,6-11H2,1-5H3,(H2,17,18). The van der Waals surface area contributed by atoms with E-state index in [0.717, 1.165) is 18.9 Å². The highest BCUT2D eigenvalue weighted by Crippen LogP contribution is 2.49. The van der Waals surface area contributed by atoms with Gasteiger partial charge < -0.3 is 10.6 Å². The van der Waals surface area contributed by atoms with Crippen molar-refractivity contribution in [2.24, 2.45) is 22.1 Å². The maximum Gasteiger partial charge on any atom is 0.192 e. The fourth-order valence-electron chi connectivity index (χ4n) is 4.38. The van der Waals surface area contributed by atoms with Gasteiger partial charge in [0.25, 0.3) is 0 Å². The van der Waals surface area contributed by atoms with E-state index >= 15 is 0 Å². The van der Waals surface area contributed by atoms with Crippen LogP contribution in [0.15, 0.2) is 4.99 Å². The van der Waals surface area contributed by atoms with E-state index in [4.69, 9.17) is 5.73 Å². The van der Waals surface area contributed by atoms with E-state index in [1.165, 1.54) is 25.7 Å². The molecular weight excluding hydrogens is 234 g/mol. The first-order valence-corrected chi connectivity index (χ1v) is 7.92. The molecule has 2 aliphatic rings. The minimum absolute atomic E-state index is 0.190. The van der Waals surface area contributed by atoms with Crippen LogP contribution in [0.3, 0.4) is 0 Å². The monoisotopic (exact) mass is 265 g/mol. The maximum absolute atomic E-state index is 6.24. The van der Waals surface area contributed by atoms with Crippen LogP contribution in [-0.2, 0) is 0 Å². The molecule has 19 heavy (non-hydrogen) atoms. The van der Waals surface area contributed by atoms with Gasteiger partial charge in [0.2, 0.25) is 0 Å². The SMILES string of the molecule is CCC(C)N1C(N)=NCC12CCCCC2C(C)(C)C. The predicted molar refractivity (Wildman–Crippen MR) is 82.2 cm³/mol. The van der Waals surface area contributed by atoms with E-state index in [-0.39, 0.29) is 5.54 Å². The molecule has 110 valence electrons. The molecule has 0 saturated heterocycles. The van der Waals surface area contributed by atoms with Crippen LogP contribution in [0, 0.1) is 11.3 Å². The number of guanidine groups is 1. The average Bonchev–Trinajstić information content (AvgIpc) is 2.65. The number of aliphatic imine (C=N–C) groups is 1. The molecule has 0 aromatic heterocycles. The number of nitrogens with two attached hydrogens (primary N) is 1. The van der Waals surface area contributed by atoms with Gasteiger partial charge in [0, 0.05) is 6.04 Å². The van der Waals surface area contributed by atoms with E-state index in [2.05, 4.69) is 44.5 Å². The smallest absolute Gasteiger partial charge is 0.192 e. The molecule has 0 aromatic carbocycles. The molecule has 1 fully saturated rings. The van der Waals surface area contributed by atoms with Crippen LogP contribution in [0.5, 0.6) is 0 Å². The van der Waals surface area contributed by atoms with Crippen molar-refractivity contribution in [2.45, 2.75) is 78.3 Å². The van der Waals surface area contributed by atoms with Crippen LogP contribution < -0.4 is 5.73 Å². The third-order valence-electron chi connectivity index (χ3n) is 5.32. The van der Waals surface area contributed by atoms with E-state index in [0.29, 0.717) is 17.4 Å². The largest absolute Gasteiger partial charge is 0.370 e. The maximum atomic E-state index is 6.24. The van der Waals surface area contributed by atoms with Crippen molar-refractivity contribution in [1.82, 2.24) is 4.90 Å². The van der Waals surface area contributed by atoms with Crippen molar-refractivity contribution in [2.75, 3.05) is 6.54 Å². The van der Waals surface area contributed by atoms with Gasteiger partial charge in [-0.05, 0) is 37.5 Å². The Morgan fingerprint density at radius 1 is 1.42 bits per heavy atom. The Labute approximate surface area is 118 Å². The number of hydrogen-bond acceptors (Lipinski definition) is 3. The van der Waals surface area contributed by atoms with E-state index in [1.54, 1.807) is 0 Å². The molecule has 1 saturated carbocycles. The van der Waals surface area contributed by atoms with Gasteiger partial charge in [-0.25, -0.2) is 0 Å². The molecule has 3 heteroatoms. The summed E-state index contributed by atoms with van der Waals surface area (Å²) in [7, 11) is 0. The second-order valence-electron chi connectivity index (χ2n) is 7.57. The molecule has 3 atom stereocenters. The Balaban J connectivity index is 2.37. The van der Waals surface area contributed by atoms with E-state index in [9.17, 15) is 0 Å². The summed E-state index contributed by atoms with van der Waals surface area (Å²) in [6, 6.07) is 0.495. The van der Waals surface area contributed by atoms with Crippen LogP contribution in [0.4, 0.5) is 0 Å². The first-order chi connectivity index (χ1) is 8.83. The highest BCUT2D eigenvalue weighted by Gasteiger charge is 2.53. The van der Waals surface area contributed by atoms with Crippen LogP contribution in [0.2, 0.25) is 0 Å². The Hall–Kier alpha value is -0.730. The van der Waals surface area contributed by atoms with Crippen molar-refractivity contribution in [3.63, 3.8) is 0 Å². The molecular formula is C16H31N3. The number of hydrogen-bond donors (Lipinski definition) is 1. The molecule has 0 amide bonds. The first-order valence-electron chi connectivity index (χ1n) is 7.92. The summed E-state index contributed by atoms with van der Waals surface area (Å²) >= 11 is 0. The molecule has 0 aromatic rings. The quantitative estimate of drug-likeness (QED) is 0.831. The number of rotatable bonds is 2. The molecule has 1 aliphatic heterocycles. The van der Waals surface area contributed by atoms with Crippen molar-refractivity contribution in [1.29, 1.82) is 0 Å². The van der Waals surface area contributed by atoms with Crippen molar-refractivity contribution in [3.05, 3.63) is 0 Å². The summed E-state index contributed by atoms with van der Waals surface area (Å²) in [4.78, 5) is 7.12. The molecule has 3 unspecified atom stereocenters. The third kappa shape index (κ3) is 2.36. The van der Waals surface area contributed by atoms with Gasteiger partial charge in [-0.1, -0.05) is 40.5 Å². The van der Waals surface area contributed by atoms with Gasteiger partial charge in [0.1, 0.15) is 0 Å². The Kier molecular flexibility index (Phi) is 3.85. The second kappa shape index (κ2) is 4.99. The lowest BCUT2D eigenvalue weighted by Crippen LogP contribution is -2.62. The molecule has 1 heterocycles. The zero-order valence-corrected chi connectivity index (χ0v) is 13.4. The topological polar surface area (TPSA) is 41.6 Å². The minimum Gasteiger partial charge on any atom is -0.370 e. The van der Waals surface area contributed by atoms with Crippen molar-refractivity contribution < 1.29 is 0 Å². The van der Waals surface area contributed by atoms with Gasteiger partial charge in [-0.15, -0.1) is 0 Å². The molecule has 1 aliphatic carbocycles. The summed E-state index contributed by atoms with van der Waals surface area (Å²) in [6.45, 7) is 12.6. The molecule has 1 spiro atoms. The Bertz CT molecular complexity index is 355. The summed E-state index contributed by atoms with van der Waals surface area (Å²) < 4.78 is 0. The Morgan fingerprint density at radius 3 is 2.68 bits per heavy atom. The van der Waals surface area contributed by atoms with Crippen LogP contribution in [0.25, 0.3) is 0 Å². The van der Waals surface area contributed by atoms with Gasteiger partial charge in [-0.3, -0.25) is 4.99 Å². The van der Waals surface area contributed by atoms with Crippen molar-refractivity contribution in [3.8, 4) is 0 Å². The molecule has 0 radical (unpaired) electrons. The Morgan fingerprint density at radius 2 is 2.11 bits per heavy atom. The predicted octanol–water partition coefficient (Wildman–Crippen LogP) is 3.39. The lowest BCUT2D eigenvalue weighted by atomic mass is 9.61. The summed E-state index contributed by atoms with van der Waals surface area (Å²) in [5.41, 5.74) is 6.76. The first kappa shape index (κ1) is 14.7. The van der Waals surface area contributed by atoms with E-state index in [1.807, 2.05) is 0 Å². The fourth-order valence-corrected chi connectivity index (χ4v) is 4.38. The van der Waals surface area contributed by atoms with Gasteiger partial charge in [-0.2, -0.15) is 0 Å². The zero-order valence-electron chi connectivity index (χ0n) is 13.4. The summed E-state index contributed by atoms with van der Waals surface area (Å²) in [5.74, 6) is 1.47. The number of nitrogens with zero attached hydrogens (tertiary/aromatic N) is 2. The van der Waals surface area contributed by atoms with Gasteiger partial charge >= 0.3 is 0 Å². The van der Waals surface area contributed by atoms with Crippen LogP contribution in [-0.4, -0.2) is 29.0 Å². The highest BCUT2D eigenvalue weighted by atomic mass is 15.4. The second-order valence-corrected chi connectivity index (χ2v) is 7.57. The normalized spacial score (nSPS) is 33.6. The van der Waals surface area contributed by atoms with E-state index < -0.39 is 0 Å². The van der Waals surface area contributed by atoms with Crippen LogP contribution >= 0.6 is 0 Å². The van der Waals surface area contributed by atoms with Gasteiger partial charge in [0.05, 0.1) is 12.1 Å². The third-order valence-corrected chi connectivity index (χ3v) is 5.32. The van der Waals surface area contributed by atoms with Gasteiger partial charge in [0.15, 0.2) is 5.96 Å². The summed E-state index contributed by atoms with van der Waals surface area (Å²) in [5, 5.41) is 0. The summed E-state index contributed by atoms with van der Waals surface area (Å²) in [6.07, 6.45) is 6.39. The van der Waals surface area contributed by atoms with Crippen molar-refractivity contribution >= 4 is 5.96 Å². The zero-order chi connectivity index (χ0) is 14.3. The fraction of sp³-hybridized carbons (Fsp3) is 0.938. The average molecular weight is 265 g/mol. The highest BCUT2D eigenvalue weighted by molar-refractivity contribution is 5.81. The lowest BCUT2D eigenvalue weighted by Gasteiger charge is -2.54. The van der Waals surface area contributed by atoms with Crippen LogP contribution in [0.1, 0.15) is 66.7 Å².